The molecule has 3 rings (SSSR count). The van der Waals surface area contributed by atoms with Crippen molar-refractivity contribution in [3.05, 3.63) is 59.5 Å². The quantitative estimate of drug-likeness (QED) is 0.693. The van der Waals surface area contributed by atoms with Gasteiger partial charge in [0.15, 0.2) is 0 Å². The molecule has 0 unspecified atom stereocenters. The van der Waals surface area contributed by atoms with E-state index >= 15 is 0 Å². The fourth-order valence-electron chi connectivity index (χ4n) is 3.23. The number of piperazine rings is 1. The van der Waals surface area contributed by atoms with E-state index < -0.39 is 0 Å². The maximum Gasteiger partial charge on any atom is 0.317 e. The molecule has 1 aliphatic heterocycles. The Hall–Kier alpha value is -2.80. The van der Waals surface area contributed by atoms with Crippen LogP contribution >= 0.6 is 0 Å². The van der Waals surface area contributed by atoms with Crippen molar-refractivity contribution in [1.29, 1.82) is 0 Å². The molecule has 1 fully saturated rings. The maximum atomic E-state index is 12.6. The summed E-state index contributed by atoms with van der Waals surface area (Å²) >= 11 is 0. The zero-order chi connectivity index (χ0) is 20.5. The molecular formula is C22H29N3O4. The van der Waals surface area contributed by atoms with E-state index in [4.69, 9.17) is 9.15 Å². The lowest BCUT2D eigenvalue weighted by Gasteiger charge is -2.34. The topological polar surface area (TPSA) is 75.0 Å². The summed E-state index contributed by atoms with van der Waals surface area (Å²) in [6.07, 6.45) is 3.31. The van der Waals surface area contributed by atoms with E-state index in [1.807, 2.05) is 41.3 Å². The van der Waals surface area contributed by atoms with Crippen molar-refractivity contribution in [3.63, 3.8) is 0 Å². The monoisotopic (exact) mass is 399 g/mol. The van der Waals surface area contributed by atoms with E-state index in [1.54, 1.807) is 11.2 Å². The number of rotatable bonds is 8. The van der Waals surface area contributed by atoms with Crippen LogP contribution in [0.1, 0.15) is 35.0 Å². The van der Waals surface area contributed by atoms with Gasteiger partial charge in [0.05, 0.1) is 6.26 Å². The van der Waals surface area contributed by atoms with E-state index in [2.05, 4.69) is 12.2 Å². The molecule has 2 heterocycles. The van der Waals surface area contributed by atoms with Gasteiger partial charge in [0.1, 0.15) is 12.4 Å². The zero-order valence-electron chi connectivity index (χ0n) is 16.9. The van der Waals surface area contributed by atoms with Crippen LogP contribution in [-0.4, -0.2) is 61.1 Å². The predicted octanol–water partition coefficient (Wildman–Crippen LogP) is 2.92. The summed E-state index contributed by atoms with van der Waals surface area (Å²) in [6, 6.07) is 11.4. The van der Waals surface area contributed by atoms with E-state index in [9.17, 15) is 9.59 Å². The summed E-state index contributed by atoms with van der Waals surface area (Å²) in [5, 5.41) is 2.91. The molecule has 1 aliphatic rings. The molecule has 0 aliphatic carbocycles. The largest absolute Gasteiger partial charge is 0.467 e. The van der Waals surface area contributed by atoms with Crippen molar-refractivity contribution in [2.24, 2.45) is 0 Å². The van der Waals surface area contributed by atoms with Gasteiger partial charge < -0.3 is 24.3 Å². The third-order valence-corrected chi connectivity index (χ3v) is 5.03. The first-order valence-corrected chi connectivity index (χ1v) is 10.2. The van der Waals surface area contributed by atoms with Crippen LogP contribution in [-0.2, 0) is 17.8 Å². The van der Waals surface area contributed by atoms with E-state index in [0.29, 0.717) is 51.5 Å². The number of hydrogen-bond donors (Lipinski definition) is 1. The molecule has 1 N–H and O–H groups in total. The molecule has 0 bridgehead atoms. The molecule has 2 aromatic rings. The van der Waals surface area contributed by atoms with Crippen LogP contribution in [0.5, 0.6) is 0 Å². The Labute approximate surface area is 171 Å². The van der Waals surface area contributed by atoms with Gasteiger partial charge in [-0.05, 0) is 42.7 Å². The summed E-state index contributed by atoms with van der Waals surface area (Å²) < 4.78 is 10.7. The number of hydrogen-bond acceptors (Lipinski definition) is 4. The molecule has 0 saturated carbocycles. The highest BCUT2D eigenvalue weighted by atomic mass is 16.5. The highest BCUT2D eigenvalue weighted by Gasteiger charge is 2.24. The second-order valence-electron chi connectivity index (χ2n) is 7.05. The Morgan fingerprint density at radius 1 is 1.07 bits per heavy atom. The SMILES string of the molecule is CCc1ccc(C(=O)N2CCN(C(=O)NCCCOCc3ccco3)CC2)cc1. The molecule has 0 radical (unpaired) electrons. The number of aryl methyl sites for hydroxylation is 1. The number of carbonyl (C=O) groups is 2. The third kappa shape index (κ3) is 6.09. The van der Waals surface area contributed by atoms with Crippen molar-refractivity contribution in [1.82, 2.24) is 15.1 Å². The number of benzene rings is 1. The number of nitrogens with zero attached hydrogens (tertiary/aromatic N) is 2. The van der Waals surface area contributed by atoms with Crippen molar-refractivity contribution in [2.75, 3.05) is 39.3 Å². The molecule has 7 heteroatoms. The van der Waals surface area contributed by atoms with Gasteiger partial charge in [-0.25, -0.2) is 4.79 Å². The normalized spacial score (nSPS) is 14.1. The van der Waals surface area contributed by atoms with Gasteiger partial charge in [0, 0.05) is 44.9 Å². The van der Waals surface area contributed by atoms with Crippen molar-refractivity contribution >= 4 is 11.9 Å². The molecule has 3 amide bonds. The van der Waals surface area contributed by atoms with Crippen LogP contribution in [0.25, 0.3) is 0 Å². The minimum Gasteiger partial charge on any atom is -0.467 e. The standard InChI is InChI=1S/C22H29N3O4/c1-2-18-6-8-19(9-7-18)21(26)24-11-13-25(14-12-24)22(27)23-10-4-15-28-17-20-5-3-16-29-20/h3,5-9,16H,2,4,10-15,17H2,1H3,(H,23,27). The maximum absolute atomic E-state index is 12.6. The molecule has 1 aromatic heterocycles. The lowest BCUT2D eigenvalue weighted by molar-refractivity contribution is 0.0664. The number of nitrogens with one attached hydrogen (secondary N) is 1. The number of carbonyl (C=O) groups excluding carboxylic acids is 2. The van der Waals surface area contributed by atoms with Gasteiger partial charge in [0.2, 0.25) is 0 Å². The van der Waals surface area contributed by atoms with Crippen LogP contribution in [0.2, 0.25) is 0 Å². The third-order valence-electron chi connectivity index (χ3n) is 5.03. The number of amides is 3. The molecule has 1 aromatic carbocycles. The summed E-state index contributed by atoms with van der Waals surface area (Å²) in [5.74, 6) is 0.823. The molecule has 0 atom stereocenters. The first-order chi connectivity index (χ1) is 14.2. The van der Waals surface area contributed by atoms with E-state index in [0.717, 1.165) is 18.6 Å². The van der Waals surface area contributed by atoms with Gasteiger partial charge in [-0.15, -0.1) is 0 Å². The average molecular weight is 399 g/mol. The highest BCUT2D eigenvalue weighted by Crippen LogP contribution is 2.11. The van der Waals surface area contributed by atoms with Crippen LogP contribution in [0.15, 0.2) is 47.1 Å². The first-order valence-electron chi connectivity index (χ1n) is 10.2. The highest BCUT2D eigenvalue weighted by molar-refractivity contribution is 5.94. The molecule has 156 valence electrons. The lowest BCUT2D eigenvalue weighted by atomic mass is 10.1. The van der Waals surface area contributed by atoms with E-state index in [-0.39, 0.29) is 11.9 Å². The second kappa shape index (κ2) is 10.7. The molecule has 7 nitrogen and oxygen atoms in total. The van der Waals surface area contributed by atoms with E-state index in [1.165, 1.54) is 5.56 Å². The number of ether oxygens (including phenoxy) is 1. The second-order valence-corrected chi connectivity index (χ2v) is 7.05. The summed E-state index contributed by atoms with van der Waals surface area (Å²) in [5.41, 5.74) is 1.92. The fourth-order valence-corrected chi connectivity index (χ4v) is 3.23. The summed E-state index contributed by atoms with van der Waals surface area (Å²) in [4.78, 5) is 28.5. The van der Waals surface area contributed by atoms with Gasteiger partial charge >= 0.3 is 6.03 Å². The Morgan fingerprint density at radius 3 is 2.45 bits per heavy atom. The van der Waals surface area contributed by atoms with Crippen LogP contribution < -0.4 is 5.32 Å². The van der Waals surface area contributed by atoms with Crippen LogP contribution in [0.3, 0.4) is 0 Å². The molecule has 29 heavy (non-hydrogen) atoms. The Balaban J connectivity index is 1.31. The Kier molecular flexibility index (Phi) is 7.69. The minimum atomic E-state index is -0.0876. The Bertz CT molecular complexity index is 766. The zero-order valence-corrected chi connectivity index (χ0v) is 16.9. The van der Waals surface area contributed by atoms with Crippen molar-refractivity contribution in [3.8, 4) is 0 Å². The molecule has 0 spiro atoms. The number of furan rings is 1. The average Bonchev–Trinajstić information content (AvgIpc) is 3.29. The number of urea groups is 1. The Morgan fingerprint density at radius 2 is 1.79 bits per heavy atom. The van der Waals surface area contributed by atoms with Gasteiger partial charge in [-0.1, -0.05) is 19.1 Å². The summed E-state index contributed by atoms with van der Waals surface area (Å²) in [7, 11) is 0. The van der Waals surface area contributed by atoms with Gasteiger partial charge in [-0.3, -0.25) is 4.79 Å². The van der Waals surface area contributed by atoms with Crippen molar-refractivity contribution < 1.29 is 18.7 Å². The smallest absolute Gasteiger partial charge is 0.317 e. The van der Waals surface area contributed by atoms with Gasteiger partial charge in [-0.2, -0.15) is 0 Å². The minimum absolute atomic E-state index is 0.0291. The summed E-state index contributed by atoms with van der Waals surface area (Å²) in [6.45, 7) is 5.83. The first kappa shape index (κ1) is 20.9. The lowest BCUT2D eigenvalue weighted by Crippen LogP contribution is -2.53. The predicted molar refractivity (Wildman–Crippen MR) is 110 cm³/mol. The van der Waals surface area contributed by atoms with Crippen LogP contribution in [0.4, 0.5) is 4.79 Å². The van der Waals surface area contributed by atoms with Crippen molar-refractivity contribution in [2.45, 2.75) is 26.4 Å². The molecular weight excluding hydrogens is 370 g/mol. The van der Waals surface area contributed by atoms with Gasteiger partial charge in [0.25, 0.3) is 5.91 Å². The molecule has 1 saturated heterocycles. The van der Waals surface area contributed by atoms with Crippen LogP contribution in [0, 0.1) is 0 Å². The fraction of sp³-hybridized carbons (Fsp3) is 0.455.